The number of likely N-dealkylation sites (N-methyl/N-ethyl adjacent to an activating group) is 1. The van der Waals surface area contributed by atoms with E-state index in [9.17, 15) is 9.59 Å². The molecular weight excluding hydrogens is 385 g/mol. The van der Waals surface area contributed by atoms with Gasteiger partial charge in [-0.1, -0.05) is 0 Å². The van der Waals surface area contributed by atoms with E-state index in [0.717, 1.165) is 35.5 Å². The number of halogens is 1. The lowest BCUT2D eigenvalue weighted by molar-refractivity contribution is -0.126. The molecule has 0 bridgehead atoms. The molecule has 0 amide bonds. The molecule has 1 spiro atoms. The SMILES string of the molecule is CN1C(=C=O)C(I)=CN=C1N1CCC2(CC1)COCC2=O. The number of rotatable bonds is 0. The smallest absolute Gasteiger partial charge is 0.206 e. The van der Waals surface area contributed by atoms with Crippen molar-refractivity contribution >= 4 is 40.3 Å². The lowest BCUT2D eigenvalue weighted by Gasteiger charge is -2.41. The molecule has 3 heterocycles. The third-order valence-corrected chi connectivity index (χ3v) is 5.25. The number of nitrogens with zero attached hydrogens (tertiary/aromatic N) is 3. The number of ether oxygens (including phenoxy) is 1. The number of allylic oxidation sites excluding steroid dienone is 1. The van der Waals surface area contributed by atoms with Crippen LogP contribution in [0.2, 0.25) is 0 Å². The van der Waals surface area contributed by atoms with E-state index in [2.05, 4.69) is 32.5 Å². The minimum absolute atomic E-state index is 0.226. The van der Waals surface area contributed by atoms with Crippen molar-refractivity contribution < 1.29 is 14.3 Å². The van der Waals surface area contributed by atoms with Gasteiger partial charge in [0.2, 0.25) is 5.96 Å². The first-order chi connectivity index (χ1) is 10.1. The van der Waals surface area contributed by atoms with Gasteiger partial charge in [-0.05, 0) is 35.4 Å². The van der Waals surface area contributed by atoms with E-state index in [1.54, 1.807) is 11.1 Å². The Kier molecular flexibility index (Phi) is 3.90. The van der Waals surface area contributed by atoms with Crippen molar-refractivity contribution in [2.24, 2.45) is 10.4 Å². The number of guanidine groups is 1. The highest BCUT2D eigenvalue weighted by Gasteiger charge is 2.46. The van der Waals surface area contributed by atoms with Gasteiger partial charge < -0.3 is 14.5 Å². The first kappa shape index (κ1) is 14.7. The summed E-state index contributed by atoms with van der Waals surface area (Å²) in [5, 5.41) is 0. The van der Waals surface area contributed by atoms with Crippen LogP contribution in [0.5, 0.6) is 0 Å². The van der Waals surface area contributed by atoms with E-state index in [4.69, 9.17) is 4.74 Å². The van der Waals surface area contributed by atoms with Crippen LogP contribution >= 0.6 is 22.6 Å². The predicted molar refractivity (Wildman–Crippen MR) is 85.6 cm³/mol. The largest absolute Gasteiger partial charge is 0.373 e. The Balaban J connectivity index is 1.76. The number of Topliss-reactive ketones (excluding diaryl/α,β-unsaturated/α-hetero) is 1. The van der Waals surface area contributed by atoms with Crippen molar-refractivity contribution in [3.8, 4) is 0 Å². The standard InChI is InChI=1S/C14H16IN3O3/c1-17-11(7-19)10(15)6-16-13(17)18-4-2-14(3-5-18)9-21-8-12(14)20/h6H,2-5,8-9H2,1H3. The van der Waals surface area contributed by atoms with Gasteiger partial charge in [0.15, 0.2) is 11.7 Å². The van der Waals surface area contributed by atoms with E-state index in [1.165, 1.54) is 0 Å². The molecular formula is C14H16IN3O3. The monoisotopic (exact) mass is 401 g/mol. The molecule has 0 unspecified atom stereocenters. The van der Waals surface area contributed by atoms with Gasteiger partial charge in [0, 0.05) is 26.3 Å². The van der Waals surface area contributed by atoms with E-state index < -0.39 is 0 Å². The Morgan fingerprint density at radius 3 is 2.71 bits per heavy atom. The Bertz CT molecular complexity index is 584. The normalized spacial score (nSPS) is 25.0. The Morgan fingerprint density at radius 1 is 1.43 bits per heavy atom. The molecule has 0 aromatic heterocycles. The molecule has 0 radical (unpaired) electrons. The topological polar surface area (TPSA) is 62.2 Å². The molecule has 6 nitrogen and oxygen atoms in total. The van der Waals surface area contributed by atoms with Crippen LogP contribution < -0.4 is 0 Å². The van der Waals surface area contributed by atoms with Crippen LogP contribution in [0, 0.1) is 5.41 Å². The molecule has 21 heavy (non-hydrogen) atoms. The van der Waals surface area contributed by atoms with Crippen molar-refractivity contribution in [1.82, 2.24) is 9.80 Å². The van der Waals surface area contributed by atoms with Crippen molar-refractivity contribution in [3.63, 3.8) is 0 Å². The number of carbonyl (C=O) groups excluding carboxylic acids is 2. The fourth-order valence-corrected chi connectivity index (χ4v) is 3.68. The number of hydrogen-bond donors (Lipinski definition) is 0. The van der Waals surface area contributed by atoms with Crippen LogP contribution in [-0.2, 0) is 14.3 Å². The number of aliphatic imine (C=N–C) groups is 1. The molecule has 0 saturated carbocycles. The fourth-order valence-electron chi connectivity index (χ4n) is 3.06. The van der Waals surface area contributed by atoms with Gasteiger partial charge in [-0.25, -0.2) is 9.79 Å². The fraction of sp³-hybridized carbons (Fsp3) is 0.571. The lowest BCUT2D eigenvalue weighted by atomic mass is 9.77. The zero-order valence-electron chi connectivity index (χ0n) is 11.8. The molecule has 7 heteroatoms. The summed E-state index contributed by atoms with van der Waals surface area (Å²) in [5.41, 5.74) is 0.207. The van der Waals surface area contributed by atoms with Gasteiger partial charge in [-0.15, -0.1) is 0 Å². The molecule has 0 aliphatic carbocycles. The van der Waals surface area contributed by atoms with E-state index in [1.807, 2.05) is 13.0 Å². The van der Waals surface area contributed by atoms with Crippen molar-refractivity contribution in [2.75, 3.05) is 33.4 Å². The zero-order chi connectivity index (χ0) is 15.0. The van der Waals surface area contributed by atoms with E-state index >= 15 is 0 Å². The number of ketones is 1. The maximum atomic E-state index is 12.0. The summed E-state index contributed by atoms with van der Waals surface area (Å²) in [6.45, 7) is 2.28. The number of carbonyl (C=O) groups is 1. The molecule has 0 atom stereocenters. The first-order valence-corrected chi connectivity index (χ1v) is 7.94. The van der Waals surface area contributed by atoms with Crippen LogP contribution in [0.4, 0.5) is 0 Å². The van der Waals surface area contributed by atoms with Gasteiger partial charge in [0.25, 0.3) is 0 Å². The van der Waals surface area contributed by atoms with Crippen molar-refractivity contribution in [1.29, 1.82) is 0 Å². The number of hydrogen-bond acceptors (Lipinski definition) is 6. The third kappa shape index (κ3) is 2.43. The van der Waals surface area contributed by atoms with Crippen LogP contribution in [0.1, 0.15) is 12.8 Å². The van der Waals surface area contributed by atoms with Gasteiger partial charge in [-0.2, -0.15) is 0 Å². The average molecular weight is 401 g/mol. The summed E-state index contributed by atoms with van der Waals surface area (Å²) >= 11 is 2.08. The molecule has 2 saturated heterocycles. The van der Waals surface area contributed by atoms with Gasteiger partial charge in [0.05, 0.1) is 15.6 Å². The van der Waals surface area contributed by atoms with Gasteiger partial charge >= 0.3 is 0 Å². The highest BCUT2D eigenvalue weighted by Crippen LogP contribution is 2.37. The average Bonchev–Trinajstić information content (AvgIpc) is 2.82. The quantitative estimate of drug-likeness (QED) is 0.447. The predicted octanol–water partition coefficient (Wildman–Crippen LogP) is 0.961. The Morgan fingerprint density at radius 2 is 2.14 bits per heavy atom. The summed E-state index contributed by atoms with van der Waals surface area (Å²) < 4.78 is 6.11. The molecule has 3 aliphatic rings. The van der Waals surface area contributed by atoms with Crippen LogP contribution in [0.3, 0.4) is 0 Å². The minimum atomic E-state index is -0.294. The summed E-state index contributed by atoms with van der Waals surface area (Å²) in [4.78, 5) is 31.4. The molecule has 112 valence electrons. The van der Waals surface area contributed by atoms with Crippen molar-refractivity contribution in [2.45, 2.75) is 12.8 Å². The molecule has 0 N–H and O–H groups in total. The lowest BCUT2D eigenvalue weighted by Crippen LogP contribution is -2.51. The second kappa shape index (κ2) is 5.55. The highest BCUT2D eigenvalue weighted by atomic mass is 127. The van der Waals surface area contributed by atoms with Crippen molar-refractivity contribution in [3.05, 3.63) is 15.5 Å². The summed E-state index contributed by atoms with van der Waals surface area (Å²) in [6, 6.07) is 0. The highest BCUT2D eigenvalue weighted by molar-refractivity contribution is 14.1. The maximum absolute atomic E-state index is 12.0. The summed E-state index contributed by atoms with van der Waals surface area (Å²) in [6.07, 6.45) is 3.24. The van der Waals surface area contributed by atoms with Crippen LogP contribution in [-0.4, -0.2) is 60.8 Å². The molecule has 3 rings (SSSR count). The summed E-state index contributed by atoms with van der Waals surface area (Å²) in [7, 11) is 1.82. The van der Waals surface area contributed by atoms with Crippen LogP contribution in [0.25, 0.3) is 0 Å². The first-order valence-electron chi connectivity index (χ1n) is 6.86. The van der Waals surface area contributed by atoms with Gasteiger partial charge in [-0.3, -0.25) is 4.79 Å². The van der Waals surface area contributed by atoms with Crippen LogP contribution in [0.15, 0.2) is 20.5 Å². The Hall–Kier alpha value is -1.18. The van der Waals surface area contributed by atoms with E-state index in [-0.39, 0.29) is 17.8 Å². The number of piperidine rings is 1. The van der Waals surface area contributed by atoms with Gasteiger partial charge in [0.1, 0.15) is 12.3 Å². The maximum Gasteiger partial charge on any atom is 0.206 e. The molecule has 0 aromatic carbocycles. The molecule has 0 aromatic rings. The second-order valence-corrected chi connectivity index (χ2v) is 6.76. The minimum Gasteiger partial charge on any atom is -0.373 e. The molecule has 2 fully saturated rings. The van der Waals surface area contributed by atoms with E-state index in [0.29, 0.717) is 12.3 Å². The Labute approximate surface area is 136 Å². The zero-order valence-corrected chi connectivity index (χ0v) is 13.9. The third-order valence-electron chi connectivity index (χ3n) is 4.46. The summed E-state index contributed by atoms with van der Waals surface area (Å²) in [5.74, 6) is 2.93. The molecule has 3 aliphatic heterocycles. The second-order valence-electron chi connectivity index (χ2n) is 5.60. The number of likely N-dealkylation sites (tertiary alicyclic amines) is 1.